The standard InChI is InChI=1S/C23H28N4O4/c1-15-13-20(31-26-15)18-14-21(28)27(25-22(18)19-11-8-12-30-19)16(2)23(29)24-17-9-6-4-3-5-7-10-17/h8,11-14,16-17H,3-7,9-10H2,1-2H3,(H,24,29)/t16-/m0/s1. The molecule has 164 valence electrons. The predicted molar refractivity (Wildman–Crippen MR) is 115 cm³/mol. The van der Waals surface area contributed by atoms with Gasteiger partial charge in [-0.2, -0.15) is 5.10 Å². The second kappa shape index (κ2) is 9.32. The Morgan fingerprint density at radius 1 is 1.16 bits per heavy atom. The predicted octanol–water partition coefficient (Wildman–Crippen LogP) is 4.26. The van der Waals surface area contributed by atoms with Gasteiger partial charge >= 0.3 is 0 Å². The largest absolute Gasteiger partial charge is 0.463 e. The highest BCUT2D eigenvalue weighted by Gasteiger charge is 2.24. The summed E-state index contributed by atoms with van der Waals surface area (Å²) in [5.74, 6) is 0.700. The first-order valence-electron chi connectivity index (χ1n) is 10.9. The lowest BCUT2D eigenvalue weighted by Crippen LogP contribution is -2.42. The zero-order valence-electron chi connectivity index (χ0n) is 18.0. The van der Waals surface area contributed by atoms with E-state index in [1.165, 1.54) is 36.3 Å². The Labute approximate surface area is 180 Å². The number of carbonyl (C=O) groups is 1. The van der Waals surface area contributed by atoms with Gasteiger partial charge in [-0.05, 0) is 38.8 Å². The van der Waals surface area contributed by atoms with Gasteiger partial charge < -0.3 is 14.3 Å². The topological polar surface area (TPSA) is 103 Å². The molecule has 0 aliphatic heterocycles. The van der Waals surface area contributed by atoms with Crippen molar-refractivity contribution in [3.63, 3.8) is 0 Å². The molecule has 8 nitrogen and oxygen atoms in total. The first kappa shape index (κ1) is 21.1. The Bertz CT molecular complexity index is 1080. The molecule has 0 spiro atoms. The average Bonchev–Trinajstić information content (AvgIpc) is 3.41. The van der Waals surface area contributed by atoms with Crippen molar-refractivity contribution in [2.45, 2.75) is 70.9 Å². The van der Waals surface area contributed by atoms with Gasteiger partial charge in [0.1, 0.15) is 11.7 Å². The summed E-state index contributed by atoms with van der Waals surface area (Å²) < 4.78 is 12.1. The minimum atomic E-state index is -0.753. The number of hydrogen-bond acceptors (Lipinski definition) is 6. The van der Waals surface area contributed by atoms with Crippen LogP contribution < -0.4 is 10.9 Å². The van der Waals surface area contributed by atoms with E-state index < -0.39 is 6.04 Å². The quantitative estimate of drug-likeness (QED) is 0.656. The second-order valence-electron chi connectivity index (χ2n) is 8.23. The molecule has 3 aromatic heterocycles. The molecule has 0 saturated heterocycles. The maximum atomic E-state index is 13.0. The molecule has 3 heterocycles. The van der Waals surface area contributed by atoms with Crippen LogP contribution in [-0.4, -0.2) is 26.9 Å². The van der Waals surface area contributed by atoms with Gasteiger partial charge in [-0.25, -0.2) is 4.68 Å². The molecule has 1 fully saturated rings. The SMILES string of the molecule is Cc1cc(-c2cc(=O)n([C@@H](C)C(=O)NC3CCCCCCC3)nc2-c2ccco2)on1. The van der Waals surface area contributed by atoms with E-state index in [-0.39, 0.29) is 17.5 Å². The van der Waals surface area contributed by atoms with Crippen LogP contribution in [0.5, 0.6) is 0 Å². The third-order valence-corrected chi connectivity index (χ3v) is 5.80. The van der Waals surface area contributed by atoms with Gasteiger partial charge in [0.05, 0.1) is 17.5 Å². The fraction of sp³-hybridized carbons (Fsp3) is 0.478. The zero-order chi connectivity index (χ0) is 21.8. The second-order valence-corrected chi connectivity index (χ2v) is 8.23. The van der Waals surface area contributed by atoms with Crippen LogP contribution >= 0.6 is 0 Å². The first-order valence-corrected chi connectivity index (χ1v) is 10.9. The van der Waals surface area contributed by atoms with Gasteiger partial charge in [-0.3, -0.25) is 9.59 Å². The van der Waals surface area contributed by atoms with E-state index in [2.05, 4.69) is 15.6 Å². The van der Waals surface area contributed by atoms with Gasteiger partial charge in [0.15, 0.2) is 11.5 Å². The summed E-state index contributed by atoms with van der Waals surface area (Å²) in [6.45, 7) is 3.49. The van der Waals surface area contributed by atoms with E-state index >= 15 is 0 Å². The number of carbonyl (C=O) groups excluding carboxylic acids is 1. The lowest BCUT2D eigenvalue weighted by molar-refractivity contribution is -0.125. The van der Waals surface area contributed by atoms with Crippen molar-refractivity contribution in [2.75, 3.05) is 0 Å². The van der Waals surface area contributed by atoms with Crippen LogP contribution in [-0.2, 0) is 4.79 Å². The third-order valence-electron chi connectivity index (χ3n) is 5.80. The van der Waals surface area contributed by atoms with Crippen LogP contribution in [0.1, 0.15) is 63.6 Å². The molecule has 31 heavy (non-hydrogen) atoms. The molecule has 1 amide bonds. The van der Waals surface area contributed by atoms with Crippen molar-refractivity contribution in [3.8, 4) is 22.8 Å². The highest BCUT2D eigenvalue weighted by atomic mass is 16.5. The number of furan rings is 1. The van der Waals surface area contributed by atoms with Crippen LogP contribution in [0, 0.1) is 6.92 Å². The van der Waals surface area contributed by atoms with Gasteiger partial charge in [0.2, 0.25) is 5.91 Å². The van der Waals surface area contributed by atoms with Crippen LogP contribution in [0.4, 0.5) is 0 Å². The molecule has 3 aromatic rings. The van der Waals surface area contributed by atoms with E-state index in [1.807, 2.05) is 0 Å². The van der Waals surface area contributed by atoms with Crippen molar-refractivity contribution >= 4 is 5.91 Å². The molecule has 1 atom stereocenters. The van der Waals surface area contributed by atoms with Gasteiger partial charge in [0, 0.05) is 18.2 Å². The molecular weight excluding hydrogens is 396 g/mol. The number of nitrogens with zero attached hydrogens (tertiary/aromatic N) is 3. The van der Waals surface area contributed by atoms with Crippen LogP contribution in [0.15, 0.2) is 44.3 Å². The van der Waals surface area contributed by atoms with Crippen molar-refractivity contribution in [1.29, 1.82) is 0 Å². The summed E-state index contributed by atoms with van der Waals surface area (Å²) in [7, 11) is 0. The van der Waals surface area contributed by atoms with Gasteiger partial charge in [0.25, 0.3) is 5.56 Å². The van der Waals surface area contributed by atoms with Crippen LogP contribution in [0.25, 0.3) is 22.8 Å². The lowest BCUT2D eigenvalue weighted by atomic mass is 9.96. The number of aryl methyl sites for hydroxylation is 1. The Hall–Kier alpha value is -3.16. The summed E-state index contributed by atoms with van der Waals surface area (Å²) >= 11 is 0. The van der Waals surface area contributed by atoms with E-state index in [0.29, 0.717) is 28.5 Å². The summed E-state index contributed by atoms with van der Waals surface area (Å²) in [5.41, 5.74) is 1.20. The maximum absolute atomic E-state index is 13.0. The van der Waals surface area contributed by atoms with E-state index in [9.17, 15) is 9.59 Å². The monoisotopic (exact) mass is 424 g/mol. The fourth-order valence-electron chi connectivity index (χ4n) is 4.05. The minimum Gasteiger partial charge on any atom is -0.463 e. The molecule has 1 saturated carbocycles. The van der Waals surface area contributed by atoms with Gasteiger partial charge in [-0.15, -0.1) is 0 Å². The molecule has 0 bridgehead atoms. The summed E-state index contributed by atoms with van der Waals surface area (Å²) in [5, 5.41) is 11.5. The number of hydrogen-bond donors (Lipinski definition) is 1. The normalized spacial score (nSPS) is 16.5. The molecular formula is C23H28N4O4. The molecule has 0 radical (unpaired) electrons. The number of nitrogens with one attached hydrogen (secondary N) is 1. The molecule has 8 heteroatoms. The van der Waals surface area contributed by atoms with E-state index in [4.69, 9.17) is 8.94 Å². The number of rotatable bonds is 5. The minimum absolute atomic E-state index is 0.145. The van der Waals surface area contributed by atoms with Crippen LogP contribution in [0.2, 0.25) is 0 Å². The molecule has 4 rings (SSSR count). The van der Waals surface area contributed by atoms with Crippen molar-refractivity contribution in [1.82, 2.24) is 20.3 Å². The average molecular weight is 425 g/mol. The molecule has 1 aliphatic rings. The molecule has 0 aromatic carbocycles. The van der Waals surface area contributed by atoms with E-state index in [0.717, 1.165) is 25.7 Å². The van der Waals surface area contributed by atoms with Crippen molar-refractivity contribution < 1.29 is 13.7 Å². The van der Waals surface area contributed by atoms with Crippen LogP contribution in [0.3, 0.4) is 0 Å². The summed E-state index contributed by atoms with van der Waals surface area (Å²) in [4.78, 5) is 25.9. The molecule has 0 unspecified atom stereocenters. The van der Waals surface area contributed by atoms with Crippen molar-refractivity contribution in [2.24, 2.45) is 0 Å². The Morgan fingerprint density at radius 3 is 2.55 bits per heavy atom. The van der Waals surface area contributed by atoms with Crippen molar-refractivity contribution in [3.05, 3.63) is 46.6 Å². The Morgan fingerprint density at radius 2 is 1.90 bits per heavy atom. The smallest absolute Gasteiger partial charge is 0.268 e. The Kier molecular flexibility index (Phi) is 6.34. The highest BCUT2D eigenvalue weighted by molar-refractivity contribution is 5.80. The Balaban J connectivity index is 1.64. The third kappa shape index (κ3) is 4.78. The first-order chi connectivity index (χ1) is 15.0. The number of aromatic nitrogens is 3. The zero-order valence-corrected chi connectivity index (χ0v) is 18.0. The highest BCUT2D eigenvalue weighted by Crippen LogP contribution is 2.30. The molecule has 1 aliphatic carbocycles. The number of amides is 1. The summed E-state index contributed by atoms with van der Waals surface area (Å²) in [6.07, 6.45) is 9.40. The summed E-state index contributed by atoms with van der Waals surface area (Å²) in [6, 6.07) is 6.04. The maximum Gasteiger partial charge on any atom is 0.268 e. The van der Waals surface area contributed by atoms with Gasteiger partial charge in [-0.1, -0.05) is 37.3 Å². The fourth-order valence-corrected chi connectivity index (χ4v) is 4.05. The van der Waals surface area contributed by atoms with E-state index in [1.54, 1.807) is 32.0 Å². The lowest BCUT2D eigenvalue weighted by Gasteiger charge is -2.23. The molecule has 1 N–H and O–H groups in total.